The summed E-state index contributed by atoms with van der Waals surface area (Å²) < 4.78 is 67.0. The molecule has 0 aliphatic carbocycles. The average molecular weight is 496 g/mol. The summed E-state index contributed by atoms with van der Waals surface area (Å²) in [6, 6.07) is 9.36. The minimum absolute atomic E-state index is 0.141. The Morgan fingerprint density at radius 1 is 1.09 bits per heavy atom. The molecule has 33 heavy (non-hydrogen) atoms. The molecule has 1 heterocycles. The van der Waals surface area contributed by atoms with Crippen LogP contribution in [0.25, 0.3) is 11.4 Å². The molecule has 1 N–H and O–H groups in total. The highest BCUT2D eigenvalue weighted by atomic mass is 32.2. The number of H-pyrrole nitrogens is 1. The molecular formula is C21H22FN3O6S2. The molecule has 0 unspecified atom stereocenters. The van der Waals surface area contributed by atoms with Crippen LogP contribution in [-0.2, 0) is 30.9 Å². The third-order valence-electron chi connectivity index (χ3n) is 5.17. The van der Waals surface area contributed by atoms with Crippen molar-refractivity contribution in [2.45, 2.75) is 34.8 Å². The summed E-state index contributed by atoms with van der Waals surface area (Å²) >= 11 is 0. The first-order valence-corrected chi connectivity index (χ1v) is 13.0. The molecule has 3 aromatic rings. The summed E-state index contributed by atoms with van der Waals surface area (Å²) in [7, 11) is -6.70. The van der Waals surface area contributed by atoms with Crippen LogP contribution >= 0.6 is 0 Å². The Hall–Kier alpha value is -3.12. The van der Waals surface area contributed by atoms with Gasteiger partial charge in [-0.2, -0.15) is 5.10 Å². The lowest BCUT2D eigenvalue weighted by atomic mass is 10.1. The maximum atomic E-state index is 14.5. The second-order valence-electron chi connectivity index (χ2n) is 7.81. The van der Waals surface area contributed by atoms with Gasteiger partial charge in [0.05, 0.1) is 18.4 Å². The van der Waals surface area contributed by atoms with Gasteiger partial charge in [-0.15, -0.1) is 0 Å². The van der Waals surface area contributed by atoms with Gasteiger partial charge in [0.25, 0.3) is 0 Å². The zero-order chi connectivity index (χ0) is 24.6. The molecule has 0 radical (unpaired) electrons. The summed E-state index contributed by atoms with van der Waals surface area (Å²) in [6.07, 6.45) is 0.486. The van der Waals surface area contributed by atoms with Crippen molar-refractivity contribution in [2.24, 2.45) is 0 Å². The number of hydrogen-bond acceptors (Lipinski definition) is 8. The van der Waals surface area contributed by atoms with Crippen molar-refractivity contribution in [3.05, 3.63) is 54.1 Å². The highest BCUT2D eigenvalue weighted by Gasteiger charge is 2.44. The predicted molar refractivity (Wildman–Crippen MR) is 118 cm³/mol. The van der Waals surface area contributed by atoms with Crippen molar-refractivity contribution >= 4 is 25.5 Å². The number of methoxy groups -OCH3 is 1. The van der Waals surface area contributed by atoms with E-state index >= 15 is 0 Å². The highest BCUT2D eigenvalue weighted by Crippen LogP contribution is 2.30. The van der Waals surface area contributed by atoms with Gasteiger partial charge in [-0.05, 0) is 56.3 Å². The summed E-state index contributed by atoms with van der Waals surface area (Å²) in [4.78, 5) is 16.0. The first kappa shape index (κ1) is 24.5. The van der Waals surface area contributed by atoms with Crippen molar-refractivity contribution in [2.75, 3.05) is 13.4 Å². The van der Waals surface area contributed by atoms with Crippen LogP contribution < -0.4 is 4.74 Å². The number of aromatic amines is 1. The van der Waals surface area contributed by atoms with Gasteiger partial charge in [-0.3, -0.25) is 9.89 Å². The van der Waals surface area contributed by atoms with E-state index in [4.69, 9.17) is 4.74 Å². The van der Waals surface area contributed by atoms with E-state index in [2.05, 4.69) is 15.2 Å². The minimum Gasteiger partial charge on any atom is -0.497 e. The van der Waals surface area contributed by atoms with E-state index in [0.717, 1.165) is 32.2 Å². The zero-order valence-electron chi connectivity index (χ0n) is 18.3. The van der Waals surface area contributed by atoms with E-state index in [1.807, 2.05) is 0 Å². The number of sulfone groups is 2. The van der Waals surface area contributed by atoms with Crippen molar-refractivity contribution in [3.63, 3.8) is 0 Å². The van der Waals surface area contributed by atoms with Gasteiger partial charge >= 0.3 is 0 Å². The molecule has 176 valence electrons. The number of carbonyl (C=O) groups excluding carboxylic acids is 1. The minimum atomic E-state index is -4.50. The second-order valence-corrected chi connectivity index (χ2v) is 12.3. The topological polar surface area (TPSA) is 136 Å². The fourth-order valence-corrected chi connectivity index (χ4v) is 5.08. The molecular weight excluding hydrogens is 473 g/mol. The Morgan fingerprint density at radius 3 is 2.27 bits per heavy atom. The van der Waals surface area contributed by atoms with E-state index in [1.165, 1.54) is 7.11 Å². The number of ketones is 1. The molecule has 1 aromatic heterocycles. The number of halogens is 1. The van der Waals surface area contributed by atoms with Crippen LogP contribution in [0.2, 0.25) is 0 Å². The van der Waals surface area contributed by atoms with E-state index in [1.54, 1.807) is 24.3 Å². The fraction of sp³-hybridized carbons (Fsp3) is 0.286. The maximum Gasteiger partial charge on any atom is 0.193 e. The van der Waals surface area contributed by atoms with Crippen LogP contribution in [0.15, 0.2) is 52.3 Å². The van der Waals surface area contributed by atoms with Crippen molar-refractivity contribution in [1.82, 2.24) is 15.2 Å². The molecule has 0 fully saturated rings. The summed E-state index contributed by atoms with van der Waals surface area (Å²) in [5.41, 5.74) is 0.658. The number of benzene rings is 2. The molecule has 12 heteroatoms. The zero-order valence-corrected chi connectivity index (χ0v) is 19.9. The Bertz CT molecular complexity index is 1410. The highest BCUT2D eigenvalue weighted by molar-refractivity contribution is 7.93. The SMILES string of the molecule is COc1ccc(-c2n[nH]c(CC(=O)C(C)(C)S(=O)(=O)c3ccc(S(C)(=O)=O)cc3F)n2)cc1. The van der Waals surface area contributed by atoms with E-state index < -0.39 is 47.3 Å². The van der Waals surface area contributed by atoms with Crippen LogP contribution in [0.3, 0.4) is 0 Å². The number of aromatic nitrogens is 3. The number of rotatable bonds is 8. The number of hydrogen-bond donors (Lipinski definition) is 1. The lowest BCUT2D eigenvalue weighted by Gasteiger charge is -2.23. The molecule has 9 nitrogen and oxygen atoms in total. The first-order valence-electron chi connectivity index (χ1n) is 9.60. The number of carbonyl (C=O) groups is 1. The summed E-state index contributed by atoms with van der Waals surface area (Å²) in [5, 5.41) is 6.66. The summed E-state index contributed by atoms with van der Waals surface area (Å²) in [5.74, 6) is -0.897. The molecule has 2 aromatic carbocycles. The van der Waals surface area contributed by atoms with Gasteiger partial charge in [0, 0.05) is 11.8 Å². The van der Waals surface area contributed by atoms with Crippen LogP contribution in [0.4, 0.5) is 4.39 Å². The lowest BCUT2D eigenvalue weighted by Crippen LogP contribution is -2.42. The molecule has 0 atom stereocenters. The van der Waals surface area contributed by atoms with E-state index in [9.17, 15) is 26.0 Å². The quantitative estimate of drug-likeness (QED) is 0.503. The van der Waals surface area contributed by atoms with Crippen LogP contribution in [0.1, 0.15) is 19.7 Å². The van der Waals surface area contributed by atoms with E-state index in [-0.39, 0.29) is 10.7 Å². The van der Waals surface area contributed by atoms with Crippen molar-refractivity contribution < 1.29 is 30.8 Å². The third-order valence-corrected chi connectivity index (χ3v) is 8.76. The largest absolute Gasteiger partial charge is 0.497 e. The molecule has 0 aliphatic rings. The number of nitrogens with one attached hydrogen (secondary N) is 1. The van der Waals surface area contributed by atoms with Crippen molar-refractivity contribution in [1.29, 1.82) is 0 Å². The van der Waals surface area contributed by atoms with Crippen LogP contribution in [0.5, 0.6) is 5.75 Å². The van der Waals surface area contributed by atoms with Gasteiger partial charge in [0.1, 0.15) is 27.0 Å². The van der Waals surface area contributed by atoms with Gasteiger partial charge < -0.3 is 4.74 Å². The predicted octanol–water partition coefficient (Wildman–Crippen LogP) is 2.39. The Kier molecular flexibility index (Phi) is 6.44. The monoisotopic (exact) mass is 495 g/mol. The smallest absolute Gasteiger partial charge is 0.193 e. The Balaban J connectivity index is 1.85. The Morgan fingerprint density at radius 2 is 1.73 bits per heavy atom. The summed E-state index contributed by atoms with van der Waals surface area (Å²) in [6.45, 7) is 2.32. The molecule has 0 spiro atoms. The van der Waals surface area contributed by atoms with Crippen LogP contribution in [-0.4, -0.2) is 55.9 Å². The number of ether oxygens (including phenoxy) is 1. The normalized spacial score (nSPS) is 12.5. The number of Topliss-reactive ketones (excluding diaryl/α,β-unsaturated/α-hetero) is 1. The molecule has 3 rings (SSSR count). The molecule has 0 saturated carbocycles. The lowest BCUT2D eigenvalue weighted by molar-refractivity contribution is -0.120. The molecule has 0 bridgehead atoms. The van der Waals surface area contributed by atoms with Gasteiger partial charge in [-0.1, -0.05) is 0 Å². The standard InChI is InChI=1S/C21H22FN3O6S2/c1-21(2,33(29,30)17-10-9-15(11-16(17)22)32(4,27)28)18(26)12-19-23-20(25-24-19)13-5-7-14(31-3)8-6-13/h5-11H,12H2,1-4H3,(H,23,24,25). The average Bonchev–Trinajstić information content (AvgIpc) is 3.21. The van der Waals surface area contributed by atoms with Crippen molar-refractivity contribution in [3.8, 4) is 17.1 Å². The second kappa shape index (κ2) is 8.67. The van der Waals surface area contributed by atoms with Gasteiger partial charge in [-0.25, -0.2) is 26.2 Å². The van der Waals surface area contributed by atoms with Crippen LogP contribution in [0, 0.1) is 5.82 Å². The van der Waals surface area contributed by atoms with Gasteiger partial charge in [0.2, 0.25) is 0 Å². The number of nitrogens with zero attached hydrogens (tertiary/aromatic N) is 2. The van der Waals surface area contributed by atoms with Gasteiger partial charge in [0.15, 0.2) is 31.3 Å². The molecule has 0 saturated heterocycles. The maximum absolute atomic E-state index is 14.5. The Labute approximate surface area is 190 Å². The molecule has 0 aliphatic heterocycles. The molecule has 0 amide bonds. The third kappa shape index (κ3) is 4.81. The van der Waals surface area contributed by atoms with E-state index in [0.29, 0.717) is 23.2 Å². The fourth-order valence-electron chi connectivity index (χ4n) is 2.96. The first-order chi connectivity index (χ1) is 15.3.